The van der Waals surface area contributed by atoms with Gasteiger partial charge in [-0.3, -0.25) is 0 Å². The number of nitrogens with zero attached hydrogens (tertiary/aromatic N) is 2. The van der Waals surface area contributed by atoms with Crippen molar-refractivity contribution >= 4 is 15.9 Å². The van der Waals surface area contributed by atoms with E-state index in [1.807, 2.05) is 0 Å². The molecule has 82 valence electrons. The molecular weight excluding hydrogens is 254 g/mol. The molecular formula is C11H16BrN3. The van der Waals surface area contributed by atoms with E-state index in [1.54, 1.807) is 0 Å². The summed E-state index contributed by atoms with van der Waals surface area (Å²) in [6.07, 6.45) is 5.14. The SMILES string of the molecule is Cc1nc(Br)c2n1CC(NC1CC1)CC2. The van der Waals surface area contributed by atoms with Crippen molar-refractivity contribution in [3.05, 3.63) is 16.1 Å². The zero-order chi connectivity index (χ0) is 10.4. The monoisotopic (exact) mass is 269 g/mol. The summed E-state index contributed by atoms with van der Waals surface area (Å²) in [6, 6.07) is 1.47. The van der Waals surface area contributed by atoms with Gasteiger partial charge in [0.05, 0.1) is 5.69 Å². The Bertz CT molecular complexity index is 381. The molecule has 1 saturated carbocycles. The van der Waals surface area contributed by atoms with Crippen LogP contribution in [0.25, 0.3) is 0 Å². The van der Waals surface area contributed by atoms with Crippen LogP contribution in [0.3, 0.4) is 0 Å². The van der Waals surface area contributed by atoms with Gasteiger partial charge in [-0.15, -0.1) is 0 Å². The molecule has 3 nitrogen and oxygen atoms in total. The number of halogens is 1. The number of aryl methyl sites for hydroxylation is 1. The topological polar surface area (TPSA) is 29.9 Å². The van der Waals surface area contributed by atoms with Gasteiger partial charge in [0.2, 0.25) is 0 Å². The first-order valence-corrected chi connectivity index (χ1v) is 6.51. The van der Waals surface area contributed by atoms with Gasteiger partial charge in [-0.2, -0.15) is 0 Å². The van der Waals surface area contributed by atoms with E-state index >= 15 is 0 Å². The molecule has 0 spiro atoms. The third kappa shape index (κ3) is 1.85. The molecule has 1 aromatic rings. The summed E-state index contributed by atoms with van der Waals surface area (Å²) in [4.78, 5) is 4.47. The van der Waals surface area contributed by atoms with E-state index in [0.717, 1.165) is 29.4 Å². The Morgan fingerprint density at radius 3 is 2.87 bits per heavy atom. The largest absolute Gasteiger partial charge is 0.330 e. The predicted molar refractivity (Wildman–Crippen MR) is 62.9 cm³/mol. The highest BCUT2D eigenvalue weighted by Crippen LogP contribution is 2.27. The van der Waals surface area contributed by atoms with Crippen LogP contribution >= 0.6 is 15.9 Å². The summed E-state index contributed by atoms with van der Waals surface area (Å²) < 4.78 is 3.40. The van der Waals surface area contributed by atoms with Gasteiger partial charge < -0.3 is 9.88 Å². The first-order valence-electron chi connectivity index (χ1n) is 5.71. The molecule has 1 aromatic heterocycles. The molecule has 1 fully saturated rings. The van der Waals surface area contributed by atoms with Gasteiger partial charge in [-0.1, -0.05) is 0 Å². The first-order chi connectivity index (χ1) is 7.24. The Hall–Kier alpha value is -0.350. The van der Waals surface area contributed by atoms with Crippen LogP contribution in [0, 0.1) is 6.92 Å². The van der Waals surface area contributed by atoms with Crippen molar-refractivity contribution in [2.75, 3.05) is 0 Å². The summed E-state index contributed by atoms with van der Waals surface area (Å²) in [5, 5.41) is 3.71. The minimum Gasteiger partial charge on any atom is -0.330 e. The maximum absolute atomic E-state index is 4.47. The van der Waals surface area contributed by atoms with Crippen molar-refractivity contribution < 1.29 is 0 Å². The minimum atomic E-state index is 0.657. The average molecular weight is 270 g/mol. The van der Waals surface area contributed by atoms with E-state index in [4.69, 9.17) is 0 Å². The van der Waals surface area contributed by atoms with Gasteiger partial charge >= 0.3 is 0 Å². The van der Waals surface area contributed by atoms with Crippen LogP contribution < -0.4 is 5.32 Å². The van der Waals surface area contributed by atoms with Crippen LogP contribution in [0.15, 0.2) is 4.60 Å². The fourth-order valence-electron chi connectivity index (χ4n) is 2.40. The number of imidazole rings is 1. The van der Waals surface area contributed by atoms with Crippen molar-refractivity contribution in [2.45, 2.75) is 51.2 Å². The lowest BCUT2D eigenvalue weighted by atomic mass is 10.1. The number of rotatable bonds is 2. The van der Waals surface area contributed by atoms with Crippen molar-refractivity contribution in [2.24, 2.45) is 0 Å². The van der Waals surface area contributed by atoms with Crippen LogP contribution in [0.1, 0.15) is 30.8 Å². The van der Waals surface area contributed by atoms with E-state index in [-0.39, 0.29) is 0 Å². The Kier molecular flexibility index (Phi) is 2.36. The molecule has 0 bridgehead atoms. The fourth-order valence-corrected chi connectivity index (χ4v) is 3.06. The van der Waals surface area contributed by atoms with Crippen molar-refractivity contribution in [1.82, 2.24) is 14.9 Å². The van der Waals surface area contributed by atoms with E-state index < -0.39 is 0 Å². The Morgan fingerprint density at radius 1 is 1.33 bits per heavy atom. The number of hydrogen-bond acceptors (Lipinski definition) is 2. The zero-order valence-corrected chi connectivity index (χ0v) is 10.5. The number of nitrogens with one attached hydrogen (secondary N) is 1. The second-order valence-corrected chi connectivity index (χ2v) is 5.43. The van der Waals surface area contributed by atoms with E-state index in [0.29, 0.717) is 6.04 Å². The second kappa shape index (κ2) is 3.59. The molecule has 15 heavy (non-hydrogen) atoms. The van der Waals surface area contributed by atoms with Gasteiger partial charge in [0.25, 0.3) is 0 Å². The third-order valence-electron chi connectivity index (χ3n) is 3.40. The summed E-state index contributed by atoms with van der Waals surface area (Å²) in [6.45, 7) is 3.18. The van der Waals surface area contributed by atoms with Gasteiger partial charge in [0.1, 0.15) is 10.4 Å². The van der Waals surface area contributed by atoms with Crippen molar-refractivity contribution in [1.29, 1.82) is 0 Å². The molecule has 0 saturated heterocycles. The standard InChI is InChI=1S/C11H16BrN3/c1-7-13-11(12)10-5-4-9(6-15(7)10)14-8-2-3-8/h8-9,14H,2-6H2,1H3. The van der Waals surface area contributed by atoms with Gasteiger partial charge in [0, 0.05) is 18.6 Å². The number of fused-ring (bicyclic) bond motifs is 1. The van der Waals surface area contributed by atoms with Crippen molar-refractivity contribution in [3.63, 3.8) is 0 Å². The fraction of sp³-hybridized carbons (Fsp3) is 0.727. The molecule has 1 aliphatic heterocycles. The van der Waals surface area contributed by atoms with Crippen LogP contribution in [0.4, 0.5) is 0 Å². The lowest BCUT2D eigenvalue weighted by molar-refractivity contribution is 0.377. The highest BCUT2D eigenvalue weighted by atomic mass is 79.9. The molecule has 0 amide bonds. The molecule has 0 aromatic carbocycles. The molecule has 0 radical (unpaired) electrons. The maximum atomic E-state index is 4.47. The second-order valence-electron chi connectivity index (χ2n) is 4.68. The Morgan fingerprint density at radius 2 is 2.13 bits per heavy atom. The van der Waals surface area contributed by atoms with Gasteiger partial charge in [-0.25, -0.2) is 4.98 Å². The minimum absolute atomic E-state index is 0.657. The molecule has 1 atom stereocenters. The van der Waals surface area contributed by atoms with Crippen LogP contribution in [0.2, 0.25) is 0 Å². The molecule has 4 heteroatoms. The molecule has 1 unspecified atom stereocenters. The van der Waals surface area contributed by atoms with Gasteiger partial charge in [0.15, 0.2) is 0 Å². The lowest BCUT2D eigenvalue weighted by Crippen LogP contribution is -2.38. The maximum Gasteiger partial charge on any atom is 0.127 e. The molecule has 2 heterocycles. The summed E-state index contributed by atoms with van der Waals surface area (Å²) >= 11 is 3.53. The predicted octanol–water partition coefficient (Wildman–Crippen LogP) is 2.02. The summed E-state index contributed by atoms with van der Waals surface area (Å²) in [5.74, 6) is 1.14. The summed E-state index contributed by atoms with van der Waals surface area (Å²) in [5.41, 5.74) is 1.38. The van der Waals surface area contributed by atoms with E-state index in [1.165, 1.54) is 25.0 Å². The molecule has 3 rings (SSSR count). The molecule has 1 N–H and O–H groups in total. The Balaban J connectivity index is 1.79. The normalized spacial score (nSPS) is 25.3. The number of aromatic nitrogens is 2. The quantitative estimate of drug-likeness (QED) is 0.891. The van der Waals surface area contributed by atoms with Crippen LogP contribution in [-0.4, -0.2) is 21.6 Å². The van der Waals surface area contributed by atoms with E-state index in [2.05, 4.69) is 37.7 Å². The third-order valence-corrected chi connectivity index (χ3v) is 4.03. The summed E-state index contributed by atoms with van der Waals surface area (Å²) in [7, 11) is 0. The average Bonchev–Trinajstić information content (AvgIpc) is 2.96. The smallest absolute Gasteiger partial charge is 0.127 e. The first kappa shape index (κ1) is 9.85. The van der Waals surface area contributed by atoms with E-state index in [9.17, 15) is 0 Å². The Labute approximate surface area is 98.4 Å². The van der Waals surface area contributed by atoms with Crippen LogP contribution in [-0.2, 0) is 13.0 Å². The van der Waals surface area contributed by atoms with Gasteiger partial charge in [-0.05, 0) is 48.5 Å². The van der Waals surface area contributed by atoms with Crippen molar-refractivity contribution in [3.8, 4) is 0 Å². The highest BCUT2D eigenvalue weighted by Gasteiger charge is 2.28. The molecule has 2 aliphatic rings. The molecule has 1 aliphatic carbocycles. The van der Waals surface area contributed by atoms with Crippen LogP contribution in [0.5, 0.6) is 0 Å². The lowest BCUT2D eigenvalue weighted by Gasteiger charge is -2.26. The number of hydrogen-bond donors (Lipinski definition) is 1. The highest BCUT2D eigenvalue weighted by molar-refractivity contribution is 9.10. The zero-order valence-electron chi connectivity index (χ0n) is 8.96.